The number of hydrogen-bond acceptors (Lipinski definition) is 7. The number of carbonyl (C=O) groups is 2. The summed E-state index contributed by atoms with van der Waals surface area (Å²) in [6.07, 6.45) is 0.866. The maximum atomic E-state index is 11.9. The van der Waals surface area contributed by atoms with E-state index in [-0.39, 0.29) is 18.3 Å². The molecule has 0 saturated carbocycles. The fourth-order valence-corrected chi connectivity index (χ4v) is 2.15. The van der Waals surface area contributed by atoms with Crippen molar-refractivity contribution in [3.05, 3.63) is 30.0 Å². The number of H-pyrrole nitrogens is 1. The maximum Gasteiger partial charge on any atom is 0.361 e. The van der Waals surface area contributed by atoms with Gasteiger partial charge >= 0.3 is 11.9 Å². The summed E-state index contributed by atoms with van der Waals surface area (Å²) in [5.41, 5.74) is 1.21. The molecule has 0 atom stereocenters. The molecule has 0 fully saturated rings. The average Bonchev–Trinajstić information content (AvgIpc) is 3.09. The van der Waals surface area contributed by atoms with Gasteiger partial charge in [0.2, 0.25) is 0 Å². The summed E-state index contributed by atoms with van der Waals surface area (Å²) in [6, 6.07) is 7.13. The molecule has 134 valence electrons. The van der Waals surface area contributed by atoms with Crippen LogP contribution >= 0.6 is 0 Å². The number of aromatic amines is 1. The van der Waals surface area contributed by atoms with Crippen molar-refractivity contribution in [2.24, 2.45) is 0 Å². The molecule has 0 saturated heterocycles. The van der Waals surface area contributed by atoms with E-state index in [1.54, 1.807) is 38.1 Å². The smallest absolute Gasteiger partial charge is 0.361 e. The molecule has 8 heteroatoms. The van der Waals surface area contributed by atoms with Gasteiger partial charge in [0.1, 0.15) is 11.4 Å². The highest BCUT2D eigenvalue weighted by Gasteiger charge is 2.19. The fraction of sp³-hybridized carbons (Fsp3) is 0.412. The Morgan fingerprint density at radius 3 is 2.68 bits per heavy atom. The van der Waals surface area contributed by atoms with Crippen LogP contribution in [0.5, 0.6) is 5.75 Å². The largest absolute Gasteiger partial charge is 0.494 e. The van der Waals surface area contributed by atoms with Gasteiger partial charge in [0.15, 0.2) is 5.69 Å². The number of nitrogens with zero attached hydrogens (tertiary/aromatic N) is 2. The summed E-state index contributed by atoms with van der Waals surface area (Å²) in [7, 11) is 0. The molecule has 1 aromatic carbocycles. The van der Waals surface area contributed by atoms with Gasteiger partial charge in [0.25, 0.3) is 0 Å². The van der Waals surface area contributed by atoms with E-state index in [0.29, 0.717) is 43.1 Å². The van der Waals surface area contributed by atoms with Crippen LogP contribution in [0.4, 0.5) is 0 Å². The topological polar surface area (TPSA) is 103 Å². The quantitative estimate of drug-likeness (QED) is 0.548. The number of rotatable bonds is 9. The first-order valence-electron chi connectivity index (χ1n) is 8.12. The number of benzene rings is 1. The molecule has 1 heterocycles. The summed E-state index contributed by atoms with van der Waals surface area (Å²) in [6.45, 7) is 4.51. The summed E-state index contributed by atoms with van der Waals surface area (Å²) in [5.74, 6) is -0.160. The first-order chi connectivity index (χ1) is 12.2. The third-order valence-corrected chi connectivity index (χ3v) is 3.22. The molecule has 0 aliphatic rings. The molecule has 0 unspecified atom stereocenters. The zero-order chi connectivity index (χ0) is 18.1. The standard InChI is InChI=1S/C17H21N3O5/c1-3-23-14(21)9-6-10-25-13-8-5-7-12(11-13)15-16(19-20-18-15)17(22)24-4-2/h5,7-8,11H,3-4,6,9-10H2,1-2H3,(H,18,19,20). The zero-order valence-corrected chi connectivity index (χ0v) is 14.3. The molecule has 1 N–H and O–H groups in total. The molecule has 2 aromatic rings. The van der Waals surface area contributed by atoms with Crippen molar-refractivity contribution < 1.29 is 23.8 Å². The van der Waals surface area contributed by atoms with E-state index in [2.05, 4.69) is 15.4 Å². The van der Waals surface area contributed by atoms with Gasteiger partial charge in [0.05, 0.1) is 19.8 Å². The lowest BCUT2D eigenvalue weighted by atomic mass is 10.1. The number of aromatic nitrogens is 3. The molecule has 8 nitrogen and oxygen atoms in total. The molecule has 0 amide bonds. The van der Waals surface area contributed by atoms with Crippen LogP contribution in [-0.4, -0.2) is 47.2 Å². The molecule has 2 rings (SSSR count). The van der Waals surface area contributed by atoms with E-state index in [9.17, 15) is 9.59 Å². The second-order valence-corrected chi connectivity index (χ2v) is 5.03. The van der Waals surface area contributed by atoms with Crippen LogP contribution in [0.1, 0.15) is 37.2 Å². The maximum absolute atomic E-state index is 11.9. The minimum atomic E-state index is -0.535. The first kappa shape index (κ1) is 18.4. The Bertz CT molecular complexity index is 714. The third kappa shape index (κ3) is 5.30. The van der Waals surface area contributed by atoms with E-state index >= 15 is 0 Å². The van der Waals surface area contributed by atoms with Gasteiger partial charge in [-0.2, -0.15) is 10.3 Å². The number of ether oxygens (including phenoxy) is 3. The molecule has 0 aliphatic carbocycles. The predicted molar refractivity (Wildman–Crippen MR) is 89.1 cm³/mol. The van der Waals surface area contributed by atoms with Crippen LogP contribution in [-0.2, 0) is 14.3 Å². The molecule has 1 aromatic heterocycles. The fourth-order valence-electron chi connectivity index (χ4n) is 2.15. The normalized spacial score (nSPS) is 10.3. The van der Waals surface area contributed by atoms with Crippen LogP contribution in [0.2, 0.25) is 0 Å². The van der Waals surface area contributed by atoms with Crippen molar-refractivity contribution >= 4 is 11.9 Å². The van der Waals surface area contributed by atoms with Crippen molar-refractivity contribution in [1.29, 1.82) is 0 Å². The Balaban J connectivity index is 1.99. The van der Waals surface area contributed by atoms with Crippen molar-refractivity contribution in [2.75, 3.05) is 19.8 Å². The van der Waals surface area contributed by atoms with Crippen LogP contribution in [0.15, 0.2) is 24.3 Å². The van der Waals surface area contributed by atoms with E-state index in [4.69, 9.17) is 14.2 Å². The predicted octanol–water partition coefficient (Wildman–Crippen LogP) is 2.37. The SMILES string of the molecule is CCOC(=O)CCCOc1cccc(-c2n[nH]nc2C(=O)OCC)c1. The zero-order valence-electron chi connectivity index (χ0n) is 14.3. The monoisotopic (exact) mass is 347 g/mol. The van der Waals surface area contributed by atoms with Crippen LogP contribution in [0.25, 0.3) is 11.3 Å². The highest BCUT2D eigenvalue weighted by molar-refractivity contribution is 5.93. The summed E-state index contributed by atoms with van der Waals surface area (Å²) < 4.78 is 15.5. The Kier molecular flexibility index (Phi) is 6.94. The van der Waals surface area contributed by atoms with E-state index in [1.807, 2.05) is 0 Å². The highest BCUT2D eigenvalue weighted by atomic mass is 16.5. The molecular weight excluding hydrogens is 326 g/mol. The van der Waals surface area contributed by atoms with Crippen LogP contribution in [0, 0.1) is 0 Å². The summed E-state index contributed by atoms with van der Waals surface area (Å²) in [4.78, 5) is 23.2. The average molecular weight is 347 g/mol. The van der Waals surface area contributed by atoms with E-state index in [0.717, 1.165) is 0 Å². The van der Waals surface area contributed by atoms with Crippen LogP contribution < -0.4 is 4.74 Å². The molecule has 0 spiro atoms. The third-order valence-electron chi connectivity index (χ3n) is 3.22. The van der Waals surface area contributed by atoms with E-state index in [1.165, 1.54) is 0 Å². The first-order valence-corrected chi connectivity index (χ1v) is 8.12. The van der Waals surface area contributed by atoms with Crippen molar-refractivity contribution in [3.63, 3.8) is 0 Å². The highest BCUT2D eigenvalue weighted by Crippen LogP contribution is 2.24. The Hall–Kier alpha value is -2.90. The van der Waals surface area contributed by atoms with Gasteiger partial charge in [-0.25, -0.2) is 4.79 Å². The molecule has 25 heavy (non-hydrogen) atoms. The lowest BCUT2D eigenvalue weighted by Crippen LogP contribution is -2.07. The van der Waals surface area contributed by atoms with E-state index < -0.39 is 5.97 Å². The Morgan fingerprint density at radius 2 is 1.92 bits per heavy atom. The molecule has 0 radical (unpaired) electrons. The Morgan fingerprint density at radius 1 is 1.12 bits per heavy atom. The number of hydrogen-bond donors (Lipinski definition) is 1. The van der Waals surface area contributed by atoms with Gasteiger partial charge in [0, 0.05) is 12.0 Å². The second-order valence-electron chi connectivity index (χ2n) is 5.03. The molecule has 0 bridgehead atoms. The number of nitrogens with one attached hydrogen (secondary N) is 1. The Labute approximate surface area is 145 Å². The number of carbonyl (C=O) groups excluding carboxylic acids is 2. The van der Waals surface area contributed by atoms with Crippen molar-refractivity contribution in [1.82, 2.24) is 15.4 Å². The van der Waals surface area contributed by atoms with Crippen LogP contribution in [0.3, 0.4) is 0 Å². The van der Waals surface area contributed by atoms with Gasteiger partial charge in [-0.05, 0) is 32.4 Å². The summed E-state index contributed by atoms with van der Waals surface area (Å²) >= 11 is 0. The van der Waals surface area contributed by atoms with Crippen molar-refractivity contribution in [3.8, 4) is 17.0 Å². The van der Waals surface area contributed by atoms with Crippen molar-refractivity contribution in [2.45, 2.75) is 26.7 Å². The van der Waals surface area contributed by atoms with Gasteiger partial charge < -0.3 is 14.2 Å². The number of esters is 2. The van der Waals surface area contributed by atoms with Gasteiger partial charge in [-0.3, -0.25) is 4.79 Å². The summed E-state index contributed by atoms with van der Waals surface area (Å²) in [5, 5.41) is 10.3. The van der Waals surface area contributed by atoms with Gasteiger partial charge in [-0.1, -0.05) is 12.1 Å². The minimum Gasteiger partial charge on any atom is -0.494 e. The molecule has 0 aliphatic heterocycles. The second kappa shape index (κ2) is 9.41. The lowest BCUT2D eigenvalue weighted by Gasteiger charge is -2.07. The van der Waals surface area contributed by atoms with Gasteiger partial charge in [-0.15, -0.1) is 5.10 Å². The molecular formula is C17H21N3O5. The lowest BCUT2D eigenvalue weighted by molar-refractivity contribution is -0.143. The minimum absolute atomic E-state index is 0.126.